The minimum atomic E-state index is 0.630. The van der Waals surface area contributed by atoms with Gasteiger partial charge in [-0.3, -0.25) is 9.80 Å². The molecule has 0 saturated carbocycles. The van der Waals surface area contributed by atoms with Gasteiger partial charge in [0.2, 0.25) is 0 Å². The highest BCUT2D eigenvalue weighted by molar-refractivity contribution is 5.85. The number of aromatic amines is 1. The molecule has 104 valence electrons. The summed E-state index contributed by atoms with van der Waals surface area (Å²) in [5.41, 5.74) is 4.44. The van der Waals surface area contributed by atoms with Crippen LogP contribution in [0.2, 0.25) is 0 Å². The van der Waals surface area contributed by atoms with Gasteiger partial charge in [-0.1, -0.05) is 18.2 Å². The van der Waals surface area contributed by atoms with Crippen LogP contribution >= 0.6 is 0 Å². The predicted octanol–water partition coefficient (Wildman–Crippen LogP) is 2.89. The van der Waals surface area contributed by atoms with Crippen molar-refractivity contribution in [3.8, 4) is 0 Å². The summed E-state index contributed by atoms with van der Waals surface area (Å²) in [4.78, 5) is 9.21. The highest BCUT2D eigenvalue weighted by atomic mass is 15.4. The van der Waals surface area contributed by atoms with Crippen molar-refractivity contribution >= 4 is 10.9 Å². The maximum Gasteiger partial charge on any atom is 0.0628 e. The summed E-state index contributed by atoms with van der Waals surface area (Å²) in [5.74, 6) is 0. The average Bonchev–Trinajstić information content (AvgIpc) is 3.11. The first kappa shape index (κ1) is 11.4. The largest absolute Gasteiger partial charge is 0.357 e. The van der Waals surface area contributed by atoms with Gasteiger partial charge in [0.05, 0.1) is 12.2 Å². The molecule has 2 unspecified atom stereocenters. The Morgan fingerprint density at radius 1 is 1.05 bits per heavy atom. The normalized spacial score (nSPS) is 30.2. The number of nitrogens with one attached hydrogen (secondary N) is 1. The smallest absolute Gasteiger partial charge is 0.0628 e. The molecule has 5 rings (SSSR count). The van der Waals surface area contributed by atoms with Gasteiger partial charge in [-0.05, 0) is 43.9 Å². The van der Waals surface area contributed by atoms with Crippen molar-refractivity contribution in [1.82, 2.24) is 14.8 Å². The number of benzene rings is 1. The van der Waals surface area contributed by atoms with E-state index in [-0.39, 0.29) is 0 Å². The third-order valence-corrected chi connectivity index (χ3v) is 5.60. The summed E-state index contributed by atoms with van der Waals surface area (Å²) in [7, 11) is 0. The van der Waals surface area contributed by atoms with Gasteiger partial charge in [-0.15, -0.1) is 0 Å². The molecule has 2 aromatic rings. The van der Waals surface area contributed by atoms with Crippen LogP contribution in [-0.4, -0.2) is 40.6 Å². The summed E-state index contributed by atoms with van der Waals surface area (Å²) in [6.07, 6.45) is 5.96. The first-order valence-electron chi connectivity index (χ1n) is 8.01. The van der Waals surface area contributed by atoms with Crippen LogP contribution in [0.15, 0.2) is 24.3 Å². The van der Waals surface area contributed by atoms with Crippen LogP contribution in [0.25, 0.3) is 10.9 Å². The molecule has 0 radical (unpaired) electrons. The van der Waals surface area contributed by atoms with Crippen LogP contribution in [0.1, 0.15) is 36.6 Å². The van der Waals surface area contributed by atoms with Crippen molar-refractivity contribution in [3.05, 3.63) is 35.5 Å². The second kappa shape index (κ2) is 4.09. The lowest BCUT2D eigenvalue weighted by molar-refractivity contribution is -0.0161. The topological polar surface area (TPSA) is 22.3 Å². The minimum Gasteiger partial charge on any atom is -0.357 e. The third kappa shape index (κ3) is 1.42. The Morgan fingerprint density at radius 2 is 2.00 bits per heavy atom. The summed E-state index contributed by atoms with van der Waals surface area (Å²) < 4.78 is 0. The van der Waals surface area contributed by atoms with Gasteiger partial charge in [0.25, 0.3) is 0 Å². The summed E-state index contributed by atoms with van der Waals surface area (Å²) in [5, 5.41) is 1.45. The van der Waals surface area contributed by atoms with E-state index in [9.17, 15) is 0 Å². The number of hydrogen-bond acceptors (Lipinski definition) is 2. The van der Waals surface area contributed by atoms with Gasteiger partial charge >= 0.3 is 0 Å². The van der Waals surface area contributed by atoms with E-state index in [0.29, 0.717) is 12.2 Å². The maximum atomic E-state index is 3.73. The van der Waals surface area contributed by atoms with Crippen LogP contribution in [0.4, 0.5) is 0 Å². The Kier molecular flexibility index (Phi) is 2.32. The van der Waals surface area contributed by atoms with E-state index in [4.69, 9.17) is 0 Å². The summed E-state index contributed by atoms with van der Waals surface area (Å²) in [6.45, 7) is 3.83. The van der Waals surface area contributed by atoms with E-state index in [1.165, 1.54) is 61.9 Å². The molecular weight excluding hydrogens is 246 g/mol. The number of para-hydroxylation sites is 1. The lowest BCUT2D eigenvalue weighted by Gasteiger charge is -2.47. The van der Waals surface area contributed by atoms with Crippen molar-refractivity contribution in [2.24, 2.45) is 0 Å². The molecule has 2 saturated heterocycles. The molecule has 3 nitrogen and oxygen atoms in total. The molecule has 3 heteroatoms. The van der Waals surface area contributed by atoms with Crippen molar-refractivity contribution in [2.75, 3.05) is 19.6 Å². The first-order valence-corrected chi connectivity index (χ1v) is 8.01. The Hall–Kier alpha value is -1.32. The number of H-pyrrole nitrogens is 1. The molecule has 3 aliphatic rings. The van der Waals surface area contributed by atoms with Crippen LogP contribution in [0.3, 0.4) is 0 Å². The van der Waals surface area contributed by atoms with Crippen LogP contribution in [0.5, 0.6) is 0 Å². The Balaban J connectivity index is 1.62. The van der Waals surface area contributed by atoms with Gasteiger partial charge in [0.1, 0.15) is 0 Å². The number of rotatable bonds is 0. The zero-order valence-corrected chi connectivity index (χ0v) is 11.8. The number of fused-ring (bicyclic) bond motifs is 7. The van der Waals surface area contributed by atoms with Gasteiger partial charge < -0.3 is 4.98 Å². The molecule has 2 atom stereocenters. The third-order valence-electron chi connectivity index (χ3n) is 5.60. The molecule has 4 heterocycles. The Morgan fingerprint density at radius 3 is 3.00 bits per heavy atom. The molecule has 0 amide bonds. The highest BCUT2D eigenvalue weighted by Crippen LogP contribution is 2.42. The standard InChI is InChI=1S/C17H21N3/c1-2-5-14-12(4-1)13-7-11-20-15(17(13)18-14)8-10-19-9-3-6-16(19)20/h1-2,4-5,15-16,18H,3,6-11H2. The lowest BCUT2D eigenvalue weighted by atomic mass is 9.92. The Bertz CT molecular complexity index is 659. The van der Waals surface area contributed by atoms with Gasteiger partial charge in [0.15, 0.2) is 0 Å². The summed E-state index contributed by atoms with van der Waals surface area (Å²) in [6, 6.07) is 9.45. The Labute approximate surface area is 119 Å². The van der Waals surface area contributed by atoms with Crippen LogP contribution in [-0.2, 0) is 6.42 Å². The second-order valence-corrected chi connectivity index (χ2v) is 6.51. The fourth-order valence-corrected chi connectivity index (χ4v) is 4.74. The fraction of sp³-hybridized carbons (Fsp3) is 0.529. The monoisotopic (exact) mass is 267 g/mol. The molecular formula is C17H21N3. The molecule has 0 aliphatic carbocycles. The van der Waals surface area contributed by atoms with E-state index in [1.54, 1.807) is 5.56 Å². The quantitative estimate of drug-likeness (QED) is 0.793. The zero-order valence-electron chi connectivity index (χ0n) is 11.8. The van der Waals surface area contributed by atoms with E-state index >= 15 is 0 Å². The molecule has 1 N–H and O–H groups in total. The van der Waals surface area contributed by atoms with Crippen molar-refractivity contribution in [2.45, 2.75) is 37.9 Å². The molecule has 1 aromatic heterocycles. The van der Waals surface area contributed by atoms with Crippen molar-refractivity contribution < 1.29 is 0 Å². The van der Waals surface area contributed by atoms with E-state index in [2.05, 4.69) is 39.0 Å². The first-order chi connectivity index (χ1) is 9.92. The van der Waals surface area contributed by atoms with Gasteiger partial charge in [0, 0.05) is 29.7 Å². The SMILES string of the molecule is c1ccc2c3c([nH]c2c1)C1CCN2CCCC2N1CC3. The molecule has 1 aromatic carbocycles. The van der Waals surface area contributed by atoms with Crippen LogP contribution in [0, 0.1) is 0 Å². The number of hydrogen-bond donors (Lipinski definition) is 1. The lowest BCUT2D eigenvalue weighted by Crippen LogP contribution is -2.53. The van der Waals surface area contributed by atoms with Crippen molar-refractivity contribution in [3.63, 3.8) is 0 Å². The maximum absolute atomic E-state index is 3.73. The molecule has 0 bridgehead atoms. The molecule has 20 heavy (non-hydrogen) atoms. The van der Waals surface area contributed by atoms with E-state index in [1.807, 2.05) is 0 Å². The predicted molar refractivity (Wildman–Crippen MR) is 80.7 cm³/mol. The number of aromatic nitrogens is 1. The second-order valence-electron chi connectivity index (χ2n) is 6.51. The fourth-order valence-electron chi connectivity index (χ4n) is 4.74. The van der Waals surface area contributed by atoms with E-state index in [0.717, 1.165) is 0 Å². The molecule has 3 aliphatic heterocycles. The average molecular weight is 267 g/mol. The molecule has 2 fully saturated rings. The van der Waals surface area contributed by atoms with Crippen LogP contribution < -0.4 is 0 Å². The minimum absolute atomic E-state index is 0.630. The van der Waals surface area contributed by atoms with Gasteiger partial charge in [-0.25, -0.2) is 0 Å². The van der Waals surface area contributed by atoms with Crippen molar-refractivity contribution in [1.29, 1.82) is 0 Å². The van der Waals surface area contributed by atoms with Gasteiger partial charge in [-0.2, -0.15) is 0 Å². The highest BCUT2D eigenvalue weighted by Gasteiger charge is 2.41. The van der Waals surface area contributed by atoms with E-state index < -0.39 is 0 Å². The number of nitrogens with zero attached hydrogens (tertiary/aromatic N) is 2. The summed E-state index contributed by atoms with van der Waals surface area (Å²) >= 11 is 0. The molecule has 0 spiro atoms. The zero-order chi connectivity index (χ0) is 13.1.